The first-order valence-corrected chi connectivity index (χ1v) is 6.92. The molecule has 0 bridgehead atoms. The second-order valence-electron chi connectivity index (χ2n) is 4.68. The van der Waals surface area contributed by atoms with Crippen LogP contribution in [-0.2, 0) is 0 Å². The van der Waals surface area contributed by atoms with Gasteiger partial charge in [0.15, 0.2) is 0 Å². The van der Waals surface area contributed by atoms with Crippen molar-refractivity contribution in [1.29, 1.82) is 10.5 Å². The third-order valence-corrected chi connectivity index (χ3v) is 3.67. The Morgan fingerprint density at radius 2 is 1.77 bits per heavy atom. The standard InChI is InChI=1S/C15H10ClN5O/c16-10-3-1-9(2-4-10)13-11(7-17)14-19-5-6-20-21(14)15(22)12(13)8-18/h1-4,19-20H,5-6H2. The molecule has 7 heteroatoms. The van der Waals surface area contributed by atoms with Gasteiger partial charge in [-0.25, -0.2) is 4.68 Å². The molecule has 1 aliphatic rings. The van der Waals surface area contributed by atoms with E-state index < -0.39 is 5.56 Å². The van der Waals surface area contributed by atoms with Crippen molar-refractivity contribution in [1.82, 2.24) is 4.68 Å². The predicted octanol–water partition coefficient (Wildman–Crippen LogP) is 1.88. The second-order valence-corrected chi connectivity index (χ2v) is 5.12. The molecule has 6 nitrogen and oxygen atoms in total. The molecule has 3 rings (SSSR count). The molecule has 22 heavy (non-hydrogen) atoms. The number of nitrogens with one attached hydrogen (secondary N) is 2. The summed E-state index contributed by atoms with van der Waals surface area (Å²) < 4.78 is 1.22. The van der Waals surface area contributed by atoms with Crippen molar-refractivity contribution in [2.75, 3.05) is 23.8 Å². The molecule has 0 spiro atoms. The second kappa shape index (κ2) is 5.44. The Morgan fingerprint density at radius 3 is 2.41 bits per heavy atom. The van der Waals surface area contributed by atoms with Gasteiger partial charge in [-0.1, -0.05) is 23.7 Å². The fourth-order valence-electron chi connectivity index (χ4n) is 2.46. The Balaban J connectivity index is 2.41. The molecular weight excluding hydrogens is 302 g/mol. The Labute approximate surface area is 131 Å². The Hall–Kier alpha value is -2.96. The van der Waals surface area contributed by atoms with E-state index in [2.05, 4.69) is 16.8 Å². The number of rotatable bonds is 1. The Bertz CT molecular complexity index is 887. The van der Waals surface area contributed by atoms with Crippen LogP contribution < -0.4 is 16.3 Å². The van der Waals surface area contributed by atoms with Crippen LogP contribution >= 0.6 is 11.6 Å². The SMILES string of the molecule is N#Cc1c(-c2ccc(Cl)cc2)c(C#N)c(=O)n2c1NCCN2. The van der Waals surface area contributed by atoms with Crippen LogP contribution in [0, 0.1) is 22.7 Å². The van der Waals surface area contributed by atoms with Gasteiger partial charge in [-0.05, 0) is 17.7 Å². The van der Waals surface area contributed by atoms with Crippen molar-refractivity contribution < 1.29 is 0 Å². The summed E-state index contributed by atoms with van der Waals surface area (Å²) in [5.74, 6) is 0.378. The largest absolute Gasteiger partial charge is 0.367 e. The zero-order valence-electron chi connectivity index (χ0n) is 11.4. The number of pyridine rings is 1. The van der Waals surface area contributed by atoms with Crippen LogP contribution in [0.25, 0.3) is 11.1 Å². The van der Waals surface area contributed by atoms with Crippen LogP contribution in [0.3, 0.4) is 0 Å². The highest BCUT2D eigenvalue weighted by Gasteiger charge is 2.24. The third kappa shape index (κ3) is 2.07. The molecule has 2 aromatic rings. The fraction of sp³-hybridized carbons (Fsp3) is 0.133. The number of halogens is 1. The highest BCUT2D eigenvalue weighted by atomic mass is 35.5. The summed E-state index contributed by atoms with van der Waals surface area (Å²) in [4.78, 5) is 12.5. The van der Waals surface area contributed by atoms with Gasteiger partial charge in [-0.3, -0.25) is 4.79 Å². The molecule has 0 saturated heterocycles. The van der Waals surface area contributed by atoms with Crippen LogP contribution in [0.4, 0.5) is 5.82 Å². The molecule has 0 amide bonds. The summed E-state index contributed by atoms with van der Waals surface area (Å²) >= 11 is 5.87. The van der Waals surface area contributed by atoms with Crippen molar-refractivity contribution in [3.05, 3.63) is 50.8 Å². The summed E-state index contributed by atoms with van der Waals surface area (Å²) in [6, 6.07) is 10.7. The molecule has 0 radical (unpaired) electrons. The number of aromatic nitrogens is 1. The van der Waals surface area contributed by atoms with Crippen LogP contribution in [0.1, 0.15) is 11.1 Å². The number of fused-ring (bicyclic) bond motifs is 1. The predicted molar refractivity (Wildman–Crippen MR) is 83.3 cm³/mol. The molecule has 1 aliphatic heterocycles. The molecule has 2 heterocycles. The van der Waals surface area contributed by atoms with Crippen LogP contribution in [-0.4, -0.2) is 17.8 Å². The summed E-state index contributed by atoms with van der Waals surface area (Å²) in [5.41, 5.74) is 3.52. The molecular formula is C15H10ClN5O. The van der Waals surface area contributed by atoms with E-state index in [1.165, 1.54) is 4.68 Å². The number of benzene rings is 1. The molecule has 108 valence electrons. The van der Waals surface area contributed by atoms with Gasteiger partial charge in [0, 0.05) is 23.7 Å². The van der Waals surface area contributed by atoms with Gasteiger partial charge >= 0.3 is 0 Å². The molecule has 1 aromatic heterocycles. The van der Waals surface area contributed by atoms with Crippen molar-refractivity contribution >= 4 is 17.4 Å². The van der Waals surface area contributed by atoms with E-state index in [0.717, 1.165) is 0 Å². The van der Waals surface area contributed by atoms with E-state index in [4.69, 9.17) is 11.6 Å². The number of hydrogen-bond acceptors (Lipinski definition) is 5. The third-order valence-electron chi connectivity index (χ3n) is 3.42. The van der Waals surface area contributed by atoms with Crippen molar-refractivity contribution in [3.63, 3.8) is 0 Å². The molecule has 1 aromatic carbocycles. The average molecular weight is 312 g/mol. The van der Waals surface area contributed by atoms with Gasteiger partial charge in [0.2, 0.25) is 0 Å². The van der Waals surface area contributed by atoms with Crippen LogP contribution in [0.5, 0.6) is 0 Å². The molecule has 2 N–H and O–H groups in total. The highest BCUT2D eigenvalue weighted by molar-refractivity contribution is 6.30. The van der Waals surface area contributed by atoms with Gasteiger partial charge in [-0.15, -0.1) is 0 Å². The quantitative estimate of drug-likeness (QED) is 0.838. The summed E-state index contributed by atoms with van der Waals surface area (Å²) in [5, 5.41) is 22.5. The van der Waals surface area contributed by atoms with Gasteiger partial charge in [0.1, 0.15) is 29.1 Å². The normalized spacial score (nSPS) is 12.3. The lowest BCUT2D eigenvalue weighted by Gasteiger charge is -2.24. The van der Waals surface area contributed by atoms with E-state index in [0.29, 0.717) is 35.1 Å². The molecule has 0 fully saturated rings. The van der Waals surface area contributed by atoms with E-state index in [1.54, 1.807) is 24.3 Å². The zero-order valence-corrected chi connectivity index (χ0v) is 12.1. The highest BCUT2D eigenvalue weighted by Crippen LogP contribution is 2.31. The first-order valence-electron chi connectivity index (χ1n) is 6.54. The minimum atomic E-state index is -0.478. The van der Waals surface area contributed by atoms with Crippen molar-refractivity contribution in [2.24, 2.45) is 0 Å². The summed E-state index contributed by atoms with van der Waals surface area (Å²) in [6.07, 6.45) is 0. The number of anilines is 1. The fourth-order valence-corrected chi connectivity index (χ4v) is 2.59. The van der Waals surface area contributed by atoms with Gasteiger partial charge in [0.25, 0.3) is 5.56 Å². The maximum atomic E-state index is 12.5. The summed E-state index contributed by atoms with van der Waals surface area (Å²) in [7, 11) is 0. The lowest BCUT2D eigenvalue weighted by Crippen LogP contribution is -2.40. The van der Waals surface area contributed by atoms with E-state index in [1.807, 2.05) is 6.07 Å². The molecule has 0 saturated carbocycles. The monoisotopic (exact) mass is 311 g/mol. The maximum Gasteiger partial charge on any atom is 0.289 e. The first-order chi connectivity index (χ1) is 10.7. The maximum absolute atomic E-state index is 12.5. The van der Waals surface area contributed by atoms with E-state index in [-0.39, 0.29) is 11.1 Å². The van der Waals surface area contributed by atoms with Gasteiger partial charge in [0.05, 0.1) is 0 Å². The van der Waals surface area contributed by atoms with E-state index in [9.17, 15) is 15.3 Å². The molecule has 0 atom stereocenters. The number of hydrogen-bond donors (Lipinski definition) is 2. The number of nitriles is 2. The minimum Gasteiger partial charge on any atom is -0.367 e. The first kappa shape index (κ1) is 14.0. The average Bonchev–Trinajstić information content (AvgIpc) is 2.55. The van der Waals surface area contributed by atoms with Crippen LogP contribution in [0.15, 0.2) is 29.1 Å². The van der Waals surface area contributed by atoms with Crippen molar-refractivity contribution in [2.45, 2.75) is 0 Å². The topological polar surface area (TPSA) is 93.6 Å². The zero-order chi connectivity index (χ0) is 15.7. The molecule has 0 unspecified atom stereocenters. The van der Waals surface area contributed by atoms with Gasteiger partial charge < -0.3 is 10.7 Å². The Kier molecular flexibility index (Phi) is 3.46. The minimum absolute atomic E-state index is 0.0705. The van der Waals surface area contributed by atoms with Gasteiger partial charge in [-0.2, -0.15) is 10.5 Å². The Morgan fingerprint density at radius 1 is 1.09 bits per heavy atom. The van der Waals surface area contributed by atoms with E-state index >= 15 is 0 Å². The molecule has 0 aliphatic carbocycles. The smallest absolute Gasteiger partial charge is 0.289 e. The van der Waals surface area contributed by atoms with Crippen LogP contribution in [0.2, 0.25) is 5.02 Å². The summed E-state index contributed by atoms with van der Waals surface area (Å²) in [6.45, 7) is 1.11. The number of nitrogens with zero attached hydrogens (tertiary/aromatic N) is 3. The van der Waals surface area contributed by atoms with Crippen molar-refractivity contribution in [3.8, 4) is 23.3 Å². The lowest BCUT2D eigenvalue weighted by atomic mass is 9.96. The lowest BCUT2D eigenvalue weighted by molar-refractivity contribution is 0.763.